The Morgan fingerprint density at radius 3 is 2.94 bits per heavy atom. The molecule has 0 spiro atoms. The number of nitrogens with one attached hydrogen (secondary N) is 2. The van der Waals surface area contributed by atoms with Crippen molar-refractivity contribution in [2.24, 2.45) is 0 Å². The quantitative estimate of drug-likeness (QED) is 0.696. The lowest BCUT2D eigenvalue weighted by atomic mass is 10.3. The SMILES string of the molecule is CC(Nc1ccc2nccnc2n1)c1nn[nH]n1. The van der Waals surface area contributed by atoms with Gasteiger partial charge in [-0.15, -0.1) is 10.2 Å². The summed E-state index contributed by atoms with van der Waals surface area (Å²) in [5, 5.41) is 16.9. The molecule has 3 aromatic heterocycles. The molecule has 8 nitrogen and oxygen atoms in total. The van der Waals surface area contributed by atoms with E-state index in [4.69, 9.17) is 0 Å². The van der Waals surface area contributed by atoms with E-state index in [1.165, 1.54) is 0 Å². The second kappa shape index (κ2) is 4.32. The zero-order valence-corrected chi connectivity index (χ0v) is 9.57. The summed E-state index contributed by atoms with van der Waals surface area (Å²) in [7, 11) is 0. The molecular weight excluding hydrogens is 232 g/mol. The number of anilines is 1. The average molecular weight is 242 g/mol. The van der Waals surface area contributed by atoms with Gasteiger partial charge in [0.2, 0.25) is 0 Å². The number of fused-ring (bicyclic) bond motifs is 1. The average Bonchev–Trinajstić information content (AvgIpc) is 2.92. The molecule has 0 aliphatic heterocycles. The highest BCUT2D eigenvalue weighted by molar-refractivity contribution is 5.71. The number of hydrogen-bond donors (Lipinski definition) is 2. The highest BCUT2D eigenvalue weighted by Crippen LogP contribution is 2.15. The van der Waals surface area contributed by atoms with Gasteiger partial charge in [-0.3, -0.25) is 4.98 Å². The van der Waals surface area contributed by atoms with E-state index in [0.717, 1.165) is 5.52 Å². The van der Waals surface area contributed by atoms with Crippen molar-refractivity contribution in [1.82, 2.24) is 35.6 Å². The summed E-state index contributed by atoms with van der Waals surface area (Å²) in [5.41, 5.74) is 1.36. The fourth-order valence-electron chi connectivity index (χ4n) is 1.57. The monoisotopic (exact) mass is 242 g/mol. The molecule has 18 heavy (non-hydrogen) atoms. The number of aromatic nitrogens is 7. The number of aromatic amines is 1. The summed E-state index contributed by atoms with van der Waals surface area (Å²) in [5.74, 6) is 1.27. The smallest absolute Gasteiger partial charge is 0.196 e. The second-order valence-electron chi connectivity index (χ2n) is 3.73. The first-order valence-electron chi connectivity index (χ1n) is 5.40. The largest absolute Gasteiger partial charge is 0.360 e. The summed E-state index contributed by atoms with van der Waals surface area (Å²) < 4.78 is 0. The molecule has 0 radical (unpaired) electrons. The lowest BCUT2D eigenvalue weighted by Gasteiger charge is -2.10. The summed E-state index contributed by atoms with van der Waals surface area (Å²) in [6, 6.07) is 3.61. The Hall–Kier alpha value is -2.64. The molecule has 8 heteroatoms. The molecule has 3 aromatic rings. The van der Waals surface area contributed by atoms with Crippen molar-refractivity contribution >= 4 is 17.0 Å². The molecule has 3 rings (SSSR count). The number of nitrogens with zero attached hydrogens (tertiary/aromatic N) is 6. The van der Waals surface area contributed by atoms with Crippen LogP contribution in [0.5, 0.6) is 0 Å². The lowest BCUT2D eigenvalue weighted by Crippen LogP contribution is -2.09. The molecule has 0 aliphatic rings. The molecule has 0 saturated heterocycles. The van der Waals surface area contributed by atoms with Gasteiger partial charge in [-0.05, 0) is 19.1 Å². The van der Waals surface area contributed by atoms with Crippen molar-refractivity contribution in [3.8, 4) is 0 Å². The van der Waals surface area contributed by atoms with Crippen molar-refractivity contribution in [3.05, 3.63) is 30.4 Å². The highest BCUT2D eigenvalue weighted by atomic mass is 15.5. The topological polar surface area (TPSA) is 105 Å². The van der Waals surface area contributed by atoms with Crippen molar-refractivity contribution in [2.75, 3.05) is 5.32 Å². The molecule has 0 amide bonds. The third-order valence-corrected chi connectivity index (χ3v) is 2.45. The second-order valence-corrected chi connectivity index (χ2v) is 3.73. The van der Waals surface area contributed by atoms with Crippen LogP contribution in [0, 0.1) is 0 Å². The number of hydrogen-bond acceptors (Lipinski definition) is 7. The normalized spacial score (nSPS) is 12.5. The fourth-order valence-corrected chi connectivity index (χ4v) is 1.57. The maximum absolute atomic E-state index is 4.35. The maximum Gasteiger partial charge on any atom is 0.196 e. The summed E-state index contributed by atoms with van der Waals surface area (Å²) >= 11 is 0. The van der Waals surface area contributed by atoms with Crippen LogP contribution in [0.15, 0.2) is 24.5 Å². The van der Waals surface area contributed by atoms with Gasteiger partial charge in [0.1, 0.15) is 11.3 Å². The van der Waals surface area contributed by atoms with Gasteiger partial charge >= 0.3 is 0 Å². The van der Waals surface area contributed by atoms with Gasteiger partial charge in [0, 0.05) is 12.4 Å². The van der Waals surface area contributed by atoms with E-state index in [0.29, 0.717) is 17.3 Å². The predicted octanol–water partition coefficient (Wildman–Crippen LogP) is 0.711. The van der Waals surface area contributed by atoms with E-state index >= 15 is 0 Å². The third-order valence-electron chi connectivity index (χ3n) is 2.45. The van der Waals surface area contributed by atoms with Crippen LogP contribution in [0.4, 0.5) is 5.82 Å². The standard InChI is InChI=1S/C10H10N8/c1-6(9-15-17-18-16-9)13-8-3-2-7-10(14-8)12-5-4-11-7/h2-6H,1H3,(H,12,13,14)(H,15,16,17,18). The molecular formula is C10H10N8. The number of rotatable bonds is 3. The van der Waals surface area contributed by atoms with Gasteiger partial charge in [-0.2, -0.15) is 5.21 Å². The van der Waals surface area contributed by atoms with E-state index in [-0.39, 0.29) is 6.04 Å². The van der Waals surface area contributed by atoms with E-state index in [1.54, 1.807) is 12.4 Å². The van der Waals surface area contributed by atoms with Gasteiger partial charge in [-0.1, -0.05) is 5.21 Å². The first-order valence-corrected chi connectivity index (χ1v) is 5.40. The Balaban J connectivity index is 1.86. The Morgan fingerprint density at radius 2 is 2.11 bits per heavy atom. The van der Waals surface area contributed by atoms with E-state index in [1.807, 2.05) is 19.1 Å². The van der Waals surface area contributed by atoms with Crippen molar-refractivity contribution in [3.63, 3.8) is 0 Å². The van der Waals surface area contributed by atoms with Gasteiger partial charge in [0.25, 0.3) is 0 Å². The number of pyridine rings is 1. The van der Waals surface area contributed by atoms with Crippen LogP contribution in [0.1, 0.15) is 18.8 Å². The van der Waals surface area contributed by atoms with Gasteiger partial charge in [0.05, 0.1) is 6.04 Å². The van der Waals surface area contributed by atoms with E-state index < -0.39 is 0 Å². The fraction of sp³-hybridized carbons (Fsp3) is 0.200. The molecule has 0 bridgehead atoms. The molecule has 0 saturated carbocycles. The Labute approximate surface area is 102 Å². The van der Waals surface area contributed by atoms with Gasteiger partial charge in [-0.25, -0.2) is 9.97 Å². The minimum absolute atomic E-state index is 0.0922. The molecule has 0 fully saturated rings. The molecule has 1 unspecified atom stereocenters. The number of H-pyrrole nitrogens is 1. The Morgan fingerprint density at radius 1 is 1.22 bits per heavy atom. The molecule has 1 atom stereocenters. The highest BCUT2D eigenvalue weighted by Gasteiger charge is 2.10. The minimum Gasteiger partial charge on any atom is -0.360 e. The third kappa shape index (κ3) is 1.95. The van der Waals surface area contributed by atoms with Gasteiger partial charge in [0.15, 0.2) is 11.5 Å². The van der Waals surface area contributed by atoms with E-state index in [2.05, 4.69) is 40.9 Å². The van der Waals surface area contributed by atoms with Crippen LogP contribution >= 0.6 is 0 Å². The number of tetrazole rings is 1. The Kier molecular flexibility index (Phi) is 2.52. The Bertz CT molecular complexity index is 650. The van der Waals surface area contributed by atoms with E-state index in [9.17, 15) is 0 Å². The first kappa shape index (κ1) is 10.5. The van der Waals surface area contributed by atoms with Crippen molar-refractivity contribution in [2.45, 2.75) is 13.0 Å². The zero-order valence-electron chi connectivity index (χ0n) is 9.57. The van der Waals surface area contributed by atoms with Crippen LogP contribution in [0.3, 0.4) is 0 Å². The molecule has 90 valence electrons. The summed E-state index contributed by atoms with van der Waals surface area (Å²) in [6.07, 6.45) is 3.25. The molecule has 2 N–H and O–H groups in total. The predicted molar refractivity (Wildman–Crippen MR) is 63.5 cm³/mol. The zero-order chi connectivity index (χ0) is 12.4. The maximum atomic E-state index is 4.35. The van der Waals surface area contributed by atoms with Crippen molar-refractivity contribution in [1.29, 1.82) is 0 Å². The van der Waals surface area contributed by atoms with Crippen LogP contribution in [-0.2, 0) is 0 Å². The van der Waals surface area contributed by atoms with Crippen LogP contribution in [0.25, 0.3) is 11.2 Å². The minimum atomic E-state index is -0.0922. The lowest BCUT2D eigenvalue weighted by molar-refractivity contribution is 0.788. The summed E-state index contributed by atoms with van der Waals surface area (Å²) in [4.78, 5) is 12.7. The molecule has 3 heterocycles. The van der Waals surface area contributed by atoms with Crippen LogP contribution < -0.4 is 5.32 Å². The molecule has 0 aliphatic carbocycles. The summed E-state index contributed by atoms with van der Waals surface area (Å²) in [6.45, 7) is 1.92. The van der Waals surface area contributed by atoms with Crippen LogP contribution in [-0.4, -0.2) is 35.6 Å². The molecule has 0 aromatic carbocycles. The van der Waals surface area contributed by atoms with Crippen LogP contribution in [0.2, 0.25) is 0 Å². The first-order chi connectivity index (χ1) is 8.83. The van der Waals surface area contributed by atoms with Gasteiger partial charge < -0.3 is 5.32 Å². The van der Waals surface area contributed by atoms with Crippen molar-refractivity contribution < 1.29 is 0 Å².